The number of nitrogens with zero attached hydrogens (tertiary/aromatic N) is 4. The molecule has 0 saturated heterocycles. The predicted molar refractivity (Wildman–Crippen MR) is 217 cm³/mol. The Labute approximate surface area is 297 Å². The average Bonchev–Trinajstić information content (AvgIpc) is 3.84. The predicted octanol–water partition coefficient (Wildman–Crippen LogP) is 12.4. The molecule has 240 valence electrons. The smallest absolute Gasteiger partial charge is 0.165 e. The maximum Gasteiger partial charge on any atom is 0.165 e. The molecule has 4 aromatic heterocycles. The molecule has 52 heavy (non-hydrogen) atoms. The van der Waals surface area contributed by atoms with Gasteiger partial charge in [-0.3, -0.25) is 4.40 Å². The Hall–Kier alpha value is -7.04. The van der Waals surface area contributed by atoms with Crippen LogP contribution in [0, 0.1) is 0 Å². The molecular formula is C48H28N4. The first-order valence-electron chi connectivity index (χ1n) is 17.8. The average molecular weight is 661 g/mol. The molecule has 0 N–H and O–H groups in total. The first kappa shape index (κ1) is 27.7. The van der Waals surface area contributed by atoms with E-state index in [0.29, 0.717) is 0 Å². The van der Waals surface area contributed by atoms with E-state index < -0.39 is 0 Å². The summed E-state index contributed by atoms with van der Waals surface area (Å²) in [4.78, 5) is 10.6. The molecule has 12 aromatic rings. The lowest BCUT2D eigenvalue weighted by atomic mass is 10.0. The summed E-state index contributed by atoms with van der Waals surface area (Å²) in [5, 5.41) is 8.40. The van der Waals surface area contributed by atoms with Crippen LogP contribution in [0.5, 0.6) is 0 Å². The number of aromatic nitrogens is 4. The Bertz CT molecular complexity index is 3290. The molecule has 0 spiro atoms. The van der Waals surface area contributed by atoms with Crippen LogP contribution in [0.4, 0.5) is 0 Å². The van der Waals surface area contributed by atoms with E-state index in [9.17, 15) is 0 Å². The van der Waals surface area contributed by atoms with Gasteiger partial charge in [0.25, 0.3) is 0 Å². The van der Waals surface area contributed by atoms with E-state index >= 15 is 0 Å². The highest BCUT2D eigenvalue weighted by Crippen LogP contribution is 2.44. The van der Waals surface area contributed by atoms with Gasteiger partial charge in [-0.1, -0.05) is 133 Å². The van der Waals surface area contributed by atoms with Gasteiger partial charge in [-0.25, -0.2) is 9.97 Å². The fraction of sp³-hybridized carbons (Fsp3) is 0. The third-order valence-electron chi connectivity index (χ3n) is 11.0. The number of rotatable bonds is 3. The highest BCUT2D eigenvalue weighted by Gasteiger charge is 2.24. The summed E-state index contributed by atoms with van der Waals surface area (Å²) >= 11 is 0. The van der Waals surface area contributed by atoms with Crippen molar-refractivity contribution in [2.24, 2.45) is 0 Å². The molecule has 0 aliphatic rings. The molecule has 0 bridgehead atoms. The van der Waals surface area contributed by atoms with E-state index in [1.165, 1.54) is 71.1 Å². The second-order valence-corrected chi connectivity index (χ2v) is 13.8. The van der Waals surface area contributed by atoms with Gasteiger partial charge in [-0.05, 0) is 64.0 Å². The van der Waals surface area contributed by atoms with Gasteiger partial charge < -0.3 is 4.57 Å². The third kappa shape index (κ3) is 3.75. The zero-order valence-electron chi connectivity index (χ0n) is 28.0. The third-order valence-corrected chi connectivity index (χ3v) is 11.0. The summed E-state index contributed by atoms with van der Waals surface area (Å²) in [6.07, 6.45) is 0. The van der Waals surface area contributed by atoms with Crippen LogP contribution in [-0.2, 0) is 0 Å². The van der Waals surface area contributed by atoms with Crippen LogP contribution in [0.25, 0.3) is 110 Å². The lowest BCUT2D eigenvalue weighted by Crippen LogP contribution is -1.95. The van der Waals surface area contributed by atoms with Gasteiger partial charge in [0.15, 0.2) is 5.65 Å². The fourth-order valence-electron chi connectivity index (χ4n) is 8.66. The van der Waals surface area contributed by atoms with E-state index in [4.69, 9.17) is 9.97 Å². The molecule has 0 aliphatic heterocycles. The number of benzene rings is 8. The van der Waals surface area contributed by atoms with Gasteiger partial charge in [0.05, 0.1) is 33.1 Å². The van der Waals surface area contributed by atoms with Gasteiger partial charge in [-0.2, -0.15) is 0 Å². The lowest BCUT2D eigenvalue weighted by Gasteiger charge is -2.11. The van der Waals surface area contributed by atoms with Gasteiger partial charge in [0, 0.05) is 38.0 Å². The monoisotopic (exact) mass is 660 g/mol. The van der Waals surface area contributed by atoms with Crippen LogP contribution in [0.1, 0.15) is 0 Å². The summed E-state index contributed by atoms with van der Waals surface area (Å²) in [5.74, 6) is 0. The zero-order chi connectivity index (χ0) is 33.9. The van der Waals surface area contributed by atoms with Crippen LogP contribution in [0.2, 0.25) is 0 Å². The number of fused-ring (bicyclic) bond motifs is 12. The molecule has 4 heterocycles. The van der Waals surface area contributed by atoms with E-state index in [1.807, 2.05) is 12.1 Å². The molecule has 0 aliphatic carbocycles. The second kappa shape index (κ2) is 10.3. The van der Waals surface area contributed by atoms with Crippen molar-refractivity contribution in [3.8, 4) is 27.9 Å². The summed E-state index contributed by atoms with van der Waals surface area (Å²) in [7, 11) is 0. The molecule has 4 nitrogen and oxygen atoms in total. The van der Waals surface area contributed by atoms with Gasteiger partial charge >= 0.3 is 0 Å². The Morgan fingerprint density at radius 3 is 1.62 bits per heavy atom. The summed E-state index contributed by atoms with van der Waals surface area (Å²) < 4.78 is 4.84. The van der Waals surface area contributed by atoms with Crippen molar-refractivity contribution < 1.29 is 0 Å². The van der Waals surface area contributed by atoms with Crippen LogP contribution in [0.3, 0.4) is 0 Å². The number of hydrogen-bond acceptors (Lipinski definition) is 2. The SMILES string of the molecule is c1ccc(-c2ccc3c4ccc(-c5ccccc5)cc4n(-c4cc5c6ccc7ccccc7c6n6c7nc8ccccc8nc7c(c4)c56)c3c2)cc1. The van der Waals surface area contributed by atoms with Crippen molar-refractivity contribution in [2.75, 3.05) is 0 Å². The fourth-order valence-corrected chi connectivity index (χ4v) is 8.66. The second-order valence-electron chi connectivity index (χ2n) is 13.8. The van der Waals surface area contributed by atoms with Crippen LogP contribution in [-0.4, -0.2) is 18.9 Å². The van der Waals surface area contributed by atoms with Gasteiger partial charge in [0.1, 0.15) is 5.52 Å². The number of para-hydroxylation sites is 2. The first-order chi connectivity index (χ1) is 25.8. The Balaban J connectivity index is 1.26. The maximum absolute atomic E-state index is 5.32. The van der Waals surface area contributed by atoms with Crippen molar-refractivity contribution in [1.82, 2.24) is 18.9 Å². The topological polar surface area (TPSA) is 35.1 Å². The van der Waals surface area contributed by atoms with Gasteiger partial charge in [-0.15, -0.1) is 0 Å². The molecule has 0 fully saturated rings. The standard InChI is InChI=1S/C48H28N4/c1-3-11-29(12-4-1)32-20-22-36-37-23-21-33(30-13-5-2-6-14-30)26-44(37)51(43(36)25-32)34-27-39-38-24-19-31-15-7-8-16-35(31)46(38)52-47(39)40(28-34)45-48(52)50-42-18-10-9-17-41(42)49-45/h1-28H. The van der Waals surface area contributed by atoms with Crippen LogP contribution in [0.15, 0.2) is 170 Å². The molecule has 0 radical (unpaired) electrons. The normalized spacial score (nSPS) is 12.2. The van der Waals surface area contributed by atoms with E-state index in [0.717, 1.165) is 38.8 Å². The van der Waals surface area contributed by atoms with Crippen molar-refractivity contribution in [3.05, 3.63) is 170 Å². The van der Waals surface area contributed by atoms with Crippen molar-refractivity contribution in [1.29, 1.82) is 0 Å². The van der Waals surface area contributed by atoms with E-state index in [-0.39, 0.29) is 0 Å². The van der Waals surface area contributed by atoms with Crippen molar-refractivity contribution >= 4 is 82.0 Å². The zero-order valence-corrected chi connectivity index (χ0v) is 28.0. The summed E-state index contributed by atoms with van der Waals surface area (Å²) in [5.41, 5.74) is 14.2. The molecule has 0 amide bonds. The van der Waals surface area contributed by atoms with Crippen molar-refractivity contribution in [3.63, 3.8) is 0 Å². The Morgan fingerprint density at radius 2 is 0.923 bits per heavy atom. The summed E-state index contributed by atoms with van der Waals surface area (Å²) in [6, 6.07) is 61.3. The number of hydrogen-bond donors (Lipinski definition) is 0. The van der Waals surface area contributed by atoms with Crippen LogP contribution < -0.4 is 0 Å². The quantitative estimate of drug-likeness (QED) is 0.189. The molecule has 0 atom stereocenters. The minimum absolute atomic E-state index is 0.891. The minimum Gasteiger partial charge on any atom is -0.309 e. The molecule has 0 saturated carbocycles. The van der Waals surface area contributed by atoms with Crippen molar-refractivity contribution in [2.45, 2.75) is 0 Å². The molecule has 12 rings (SSSR count). The molecule has 4 heteroatoms. The Morgan fingerprint density at radius 1 is 0.365 bits per heavy atom. The lowest BCUT2D eigenvalue weighted by molar-refractivity contribution is 1.19. The largest absolute Gasteiger partial charge is 0.309 e. The highest BCUT2D eigenvalue weighted by molar-refractivity contribution is 6.27. The first-order valence-corrected chi connectivity index (χ1v) is 17.8. The summed E-state index contributed by atoms with van der Waals surface area (Å²) in [6.45, 7) is 0. The van der Waals surface area contributed by atoms with E-state index in [2.05, 4.69) is 167 Å². The Kier molecular flexibility index (Phi) is 5.47. The minimum atomic E-state index is 0.891. The van der Waals surface area contributed by atoms with E-state index in [1.54, 1.807) is 0 Å². The molecule has 8 aromatic carbocycles. The van der Waals surface area contributed by atoms with Crippen LogP contribution >= 0.6 is 0 Å². The van der Waals surface area contributed by atoms with Gasteiger partial charge in [0.2, 0.25) is 0 Å². The molecule has 0 unspecified atom stereocenters. The maximum atomic E-state index is 5.32. The highest BCUT2D eigenvalue weighted by atomic mass is 15.0. The molecular weight excluding hydrogens is 633 g/mol.